The molecule has 1 N–H and O–H groups in total. The van der Waals surface area contributed by atoms with E-state index in [9.17, 15) is 0 Å². The molecular formula is C21H18N2O2. The van der Waals surface area contributed by atoms with Crippen LogP contribution in [0.2, 0.25) is 0 Å². The summed E-state index contributed by atoms with van der Waals surface area (Å²) in [6, 6.07) is 20.3. The minimum Gasteiger partial charge on any atom is -0.496 e. The van der Waals surface area contributed by atoms with E-state index in [-0.39, 0.29) is 0 Å². The lowest BCUT2D eigenvalue weighted by Gasteiger charge is -2.11. The molecule has 4 heteroatoms. The van der Waals surface area contributed by atoms with Crippen molar-refractivity contribution in [2.75, 3.05) is 14.2 Å². The topological polar surface area (TPSA) is 47.1 Å². The SMILES string of the molecule is COc1cccc(OC)c1-c1cnc(-c2ccc3ccccc3c2)[nH]1. The van der Waals surface area contributed by atoms with Crippen molar-refractivity contribution in [2.24, 2.45) is 0 Å². The third-order valence-corrected chi connectivity index (χ3v) is 4.30. The van der Waals surface area contributed by atoms with Gasteiger partial charge in [-0.15, -0.1) is 0 Å². The maximum atomic E-state index is 5.49. The minimum absolute atomic E-state index is 0.744. The largest absolute Gasteiger partial charge is 0.496 e. The highest BCUT2D eigenvalue weighted by Gasteiger charge is 2.15. The van der Waals surface area contributed by atoms with Crippen molar-refractivity contribution in [3.63, 3.8) is 0 Å². The zero-order valence-electron chi connectivity index (χ0n) is 14.1. The van der Waals surface area contributed by atoms with Crippen LogP contribution in [0.5, 0.6) is 11.5 Å². The number of hydrogen-bond acceptors (Lipinski definition) is 3. The number of imidazole rings is 1. The fraction of sp³-hybridized carbons (Fsp3) is 0.0952. The van der Waals surface area contributed by atoms with Crippen molar-refractivity contribution in [1.29, 1.82) is 0 Å². The number of hydrogen-bond donors (Lipinski definition) is 1. The molecule has 0 amide bonds. The summed E-state index contributed by atoms with van der Waals surface area (Å²) < 4.78 is 11.0. The first-order valence-corrected chi connectivity index (χ1v) is 8.05. The van der Waals surface area contributed by atoms with Crippen molar-refractivity contribution in [3.05, 3.63) is 66.9 Å². The standard InChI is InChI=1S/C21H18N2O2/c1-24-18-8-5-9-19(25-2)20(18)17-13-22-21(23-17)16-11-10-14-6-3-4-7-15(14)12-16/h3-13H,1-2H3,(H,22,23). The summed E-state index contributed by atoms with van der Waals surface area (Å²) >= 11 is 0. The average Bonchev–Trinajstić information content (AvgIpc) is 3.16. The van der Waals surface area contributed by atoms with Gasteiger partial charge in [0.05, 0.1) is 31.7 Å². The molecule has 4 rings (SSSR count). The van der Waals surface area contributed by atoms with E-state index in [4.69, 9.17) is 9.47 Å². The molecule has 124 valence electrons. The Balaban J connectivity index is 1.80. The molecule has 1 aromatic heterocycles. The molecule has 0 saturated heterocycles. The van der Waals surface area contributed by atoms with Crippen molar-refractivity contribution >= 4 is 10.8 Å². The second kappa shape index (κ2) is 6.32. The monoisotopic (exact) mass is 330 g/mol. The van der Waals surface area contributed by atoms with Gasteiger partial charge in [0.25, 0.3) is 0 Å². The van der Waals surface area contributed by atoms with Gasteiger partial charge < -0.3 is 14.5 Å². The van der Waals surface area contributed by atoms with Crippen LogP contribution in [0.1, 0.15) is 0 Å². The summed E-state index contributed by atoms with van der Waals surface area (Å²) in [6.45, 7) is 0. The van der Waals surface area contributed by atoms with Crippen LogP contribution in [0, 0.1) is 0 Å². The third-order valence-electron chi connectivity index (χ3n) is 4.30. The third kappa shape index (κ3) is 2.72. The van der Waals surface area contributed by atoms with Gasteiger partial charge in [0.1, 0.15) is 17.3 Å². The molecule has 3 aromatic carbocycles. The van der Waals surface area contributed by atoms with Crippen LogP contribution in [-0.2, 0) is 0 Å². The molecule has 0 fully saturated rings. The van der Waals surface area contributed by atoms with Crippen LogP contribution in [0.15, 0.2) is 66.9 Å². The molecule has 0 aliphatic rings. The number of nitrogens with zero attached hydrogens (tertiary/aromatic N) is 1. The quantitative estimate of drug-likeness (QED) is 0.578. The molecule has 0 saturated carbocycles. The van der Waals surface area contributed by atoms with E-state index in [1.807, 2.05) is 36.5 Å². The fourth-order valence-electron chi connectivity index (χ4n) is 3.05. The lowest BCUT2D eigenvalue weighted by atomic mass is 10.1. The Hall–Kier alpha value is -3.27. The van der Waals surface area contributed by atoms with Crippen LogP contribution in [0.25, 0.3) is 33.4 Å². The number of methoxy groups -OCH3 is 2. The van der Waals surface area contributed by atoms with Gasteiger partial charge in [-0.25, -0.2) is 4.98 Å². The number of fused-ring (bicyclic) bond motifs is 1. The maximum absolute atomic E-state index is 5.49. The summed E-state index contributed by atoms with van der Waals surface area (Å²) in [4.78, 5) is 7.94. The Morgan fingerprint density at radius 1 is 0.800 bits per heavy atom. The van der Waals surface area contributed by atoms with Crippen LogP contribution in [0.4, 0.5) is 0 Å². The van der Waals surface area contributed by atoms with Gasteiger partial charge >= 0.3 is 0 Å². The van der Waals surface area contributed by atoms with E-state index < -0.39 is 0 Å². The molecule has 0 bridgehead atoms. The van der Waals surface area contributed by atoms with Crippen molar-refractivity contribution < 1.29 is 9.47 Å². The Kier molecular flexibility index (Phi) is 3.86. The lowest BCUT2D eigenvalue weighted by molar-refractivity contribution is 0.397. The fourth-order valence-corrected chi connectivity index (χ4v) is 3.05. The molecule has 0 unspecified atom stereocenters. The molecule has 0 radical (unpaired) electrons. The van der Waals surface area contributed by atoms with Crippen molar-refractivity contribution in [1.82, 2.24) is 9.97 Å². The normalized spacial score (nSPS) is 10.8. The zero-order chi connectivity index (χ0) is 17.2. The molecule has 4 aromatic rings. The molecule has 4 nitrogen and oxygen atoms in total. The van der Waals surface area contributed by atoms with Crippen molar-refractivity contribution in [2.45, 2.75) is 0 Å². The minimum atomic E-state index is 0.744. The van der Waals surface area contributed by atoms with E-state index in [2.05, 4.69) is 40.3 Å². The molecule has 0 aliphatic heterocycles. The van der Waals surface area contributed by atoms with Crippen molar-refractivity contribution in [3.8, 4) is 34.1 Å². The lowest BCUT2D eigenvalue weighted by Crippen LogP contribution is -1.93. The van der Waals surface area contributed by atoms with Crippen LogP contribution < -0.4 is 9.47 Å². The summed E-state index contributed by atoms with van der Waals surface area (Å²) in [5.74, 6) is 2.30. The molecule has 0 atom stereocenters. The molecule has 0 aliphatic carbocycles. The second-order valence-corrected chi connectivity index (χ2v) is 5.74. The Labute approximate surface area is 146 Å². The van der Waals surface area contributed by atoms with E-state index in [1.54, 1.807) is 14.2 Å². The second-order valence-electron chi connectivity index (χ2n) is 5.74. The predicted molar refractivity (Wildman–Crippen MR) is 100 cm³/mol. The highest BCUT2D eigenvalue weighted by atomic mass is 16.5. The van der Waals surface area contributed by atoms with E-state index in [0.717, 1.165) is 34.1 Å². The number of aromatic amines is 1. The van der Waals surface area contributed by atoms with Crippen LogP contribution in [-0.4, -0.2) is 24.2 Å². The van der Waals surface area contributed by atoms with E-state index in [1.165, 1.54) is 10.8 Å². The summed E-state index contributed by atoms with van der Waals surface area (Å²) in [5, 5.41) is 2.40. The molecule has 0 spiro atoms. The summed E-state index contributed by atoms with van der Waals surface area (Å²) in [5.41, 5.74) is 2.77. The summed E-state index contributed by atoms with van der Waals surface area (Å²) in [7, 11) is 3.30. The highest BCUT2D eigenvalue weighted by molar-refractivity contribution is 5.86. The smallest absolute Gasteiger partial charge is 0.137 e. The summed E-state index contributed by atoms with van der Waals surface area (Å²) in [6.07, 6.45) is 1.81. The zero-order valence-corrected chi connectivity index (χ0v) is 14.1. The molecule has 1 heterocycles. The average molecular weight is 330 g/mol. The highest BCUT2D eigenvalue weighted by Crippen LogP contribution is 2.38. The Morgan fingerprint density at radius 3 is 2.24 bits per heavy atom. The first kappa shape index (κ1) is 15.3. The predicted octanol–water partition coefficient (Wildman–Crippen LogP) is 4.91. The first-order chi connectivity index (χ1) is 12.3. The number of aromatic nitrogens is 2. The van der Waals surface area contributed by atoms with Gasteiger partial charge in [-0.2, -0.15) is 0 Å². The van der Waals surface area contributed by atoms with Gasteiger partial charge in [-0.3, -0.25) is 0 Å². The number of nitrogens with one attached hydrogen (secondary N) is 1. The molecule has 25 heavy (non-hydrogen) atoms. The Bertz CT molecular complexity index is 1010. The molecular weight excluding hydrogens is 312 g/mol. The van der Waals surface area contributed by atoms with Crippen LogP contribution >= 0.6 is 0 Å². The van der Waals surface area contributed by atoms with Crippen LogP contribution in [0.3, 0.4) is 0 Å². The van der Waals surface area contributed by atoms with Gasteiger partial charge in [0.15, 0.2) is 0 Å². The van der Waals surface area contributed by atoms with Gasteiger partial charge in [0.2, 0.25) is 0 Å². The van der Waals surface area contributed by atoms with Gasteiger partial charge in [-0.05, 0) is 29.0 Å². The number of benzene rings is 3. The number of rotatable bonds is 4. The van der Waals surface area contributed by atoms with E-state index in [0.29, 0.717) is 0 Å². The van der Waals surface area contributed by atoms with Gasteiger partial charge in [0, 0.05) is 5.56 Å². The number of H-pyrrole nitrogens is 1. The number of ether oxygens (including phenoxy) is 2. The maximum Gasteiger partial charge on any atom is 0.137 e. The first-order valence-electron chi connectivity index (χ1n) is 8.05. The van der Waals surface area contributed by atoms with E-state index >= 15 is 0 Å². The van der Waals surface area contributed by atoms with Gasteiger partial charge in [-0.1, -0.05) is 42.5 Å². The Morgan fingerprint density at radius 2 is 1.52 bits per heavy atom.